The van der Waals surface area contributed by atoms with E-state index in [1.165, 1.54) is 50.5 Å². The molecule has 0 fully saturated rings. The Kier molecular flexibility index (Phi) is 20.7. The van der Waals surface area contributed by atoms with Gasteiger partial charge in [0.05, 0.1) is 52.9 Å². The lowest BCUT2D eigenvalue weighted by Crippen LogP contribution is -2.34. The summed E-state index contributed by atoms with van der Waals surface area (Å²) in [6, 6.07) is 8.43. The van der Waals surface area contributed by atoms with Gasteiger partial charge in [0.1, 0.15) is 18.0 Å². The van der Waals surface area contributed by atoms with Gasteiger partial charge in [-0.2, -0.15) is 0 Å². The molecule has 0 aromatic heterocycles. The third kappa shape index (κ3) is 22.1. The number of rotatable bonds is 24. The molecule has 8 nitrogen and oxygen atoms in total. The Hall–Kier alpha value is -1.87. The highest BCUT2D eigenvalue weighted by Crippen LogP contribution is 2.15. The van der Waals surface area contributed by atoms with Crippen LogP contribution in [0.1, 0.15) is 78.2 Å². The lowest BCUT2D eigenvalue weighted by atomic mass is 10.0. The smallest absolute Gasteiger partial charge is 0.407 e. The van der Waals surface area contributed by atoms with E-state index in [2.05, 4.69) is 24.4 Å². The summed E-state index contributed by atoms with van der Waals surface area (Å²) in [7, 11) is 0. The number of unbranched alkanes of at least 4 members (excludes halogenated alkanes) is 6. The Labute approximate surface area is 231 Å². The average Bonchev–Trinajstić information content (AvgIpc) is 2.87. The molecule has 38 heavy (non-hydrogen) atoms. The Morgan fingerprint density at radius 1 is 0.684 bits per heavy atom. The van der Waals surface area contributed by atoms with Gasteiger partial charge in [0.2, 0.25) is 0 Å². The first kappa shape index (κ1) is 34.2. The fourth-order valence-electron chi connectivity index (χ4n) is 3.56. The Morgan fingerprint density at radius 2 is 1.18 bits per heavy atom. The molecule has 0 heterocycles. The van der Waals surface area contributed by atoms with E-state index in [0.29, 0.717) is 66.0 Å². The molecule has 0 unspecified atom stereocenters. The fourth-order valence-corrected chi connectivity index (χ4v) is 3.56. The van der Waals surface area contributed by atoms with E-state index < -0.39 is 11.7 Å². The van der Waals surface area contributed by atoms with Crippen molar-refractivity contribution < 1.29 is 33.2 Å². The van der Waals surface area contributed by atoms with Crippen LogP contribution in [-0.2, 0) is 30.1 Å². The number of hydrogen-bond donors (Lipinski definition) is 1. The molecule has 0 aliphatic rings. The molecule has 0 radical (unpaired) electrons. The van der Waals surface area contributed by atoms with Crippen LogP contribution in [0.2, 0.25) is 0 Å². The van der Waals surface area contributed by atoms with Gasteiger partial charge in [0.25, 0.3) is 0 Å². The topological polar surface area (TPSA) is 84.5 Å². The highest BCUT2D eigenvalue weighted by molar-refractivity contribution is 5.67. The second-order valence-electron chi connectivity index (χ2n) is 10.2. The maximum atomic E-state index is 11.5. The van der Waals surface area contributed by atoms with Gasteiger partial charge in [0, 0.05) is 6.54 Å². The first-order valence-corrected chi connectivity index (χ1v) is 14.4. The molecule has 0 aliphatic carbocycles. The van der Waals surface area contributed by atoms with Gasteiger partial charge >= 0.3 is 6.09 Å². The highest BCUT2D eigenvalue weighted by atomic mass is 16.6. The summed E-state index contributed by atoms with van der Waals surface area (Å²) >= 11 is 0. The minimum absolute atomic E-state index is 0.398. The van der Waals surface area contributed by atoms with Crippen LogP contribution in [0.3, 0.4) is 0 Å². The average molecular weight is 540 g/mol. The second-order valence-corrected chi connectivity index (χ2v) is 10.2. The Balaban J connectivity index is 1.83. The molecule has 1 amide bonds. The van der Waals surface area contributed by atoms with E-state index in [-0.39, 0.29) is 0 Å². The van der Waals surface area contributed by atoms with Gasteiger partial charge < -0.3 is 33.7 Å². The van der Waals surface area contributed by atoms with Gasteiger partial charge in [-0.3, -0.25) is 0 Å². The van der Waals surface area contributed by atoms with Crippen LogP contribution in [0.25, 0.3) is 0 Å². The van der Waals surface area contributed by atoms with E-state index in [0.717, 1.165) is 12.2 Å². The minimum Gasteiger partial charge on any atom is -0.491 e. The van der Waals surface area contributed by atoms with Crippen molar-refractivity contribution in [2.24, 2.45) is 0 Å². The molecular formula is C30H53NO7. The van der Waals surface area contributed by atoms with Crippen molar-refractivity contribution in [2.45, 2.75) is 84.7 Å². The number of alkyl carbamates (subject to hydrolysis) is 1. The maximum absolute atomic E-state index is 11.5. The SMILES string of the molecule is CCCCCCCCCc1ccc(OCCOCCOCCOCCOCCNC(=O)OC(C)(C)C)cc1. The maximum Gasteiger partial charge on any atom is 0.407 e. The molecule has 220 valence electrons. The van der Waals surface area contributed by atoms with Crippen molar-refractivity contribution >= 4 is 6.09 Å². The summed E-state index contributed by atoms with van der Waals surface area (Å²) in [4.78, 5) is 11.5. The van der Waals surface area contributed by atoms with Gasteiger partial charge in [-0.05, 0) is 51.3 Å². The summed E-state index contributed by atoms with van der Waals surface area (Å²) in [5.41, 5.74) is 0.879. The number of benzene rings is 1. The van der Waals surface area contributed by atoms with Crippen molar-refractivity contribution in [3.8, 4) is 5.75 Å². The van der Waals surface area contributed by atoms with Crippen molar-refractivity contribution in [1.82, 2.24) is 5.32 Å². The third-order valence-electron chi connectivity index (χ3n) is 5.52. The first-order valence-electron chi connectivity index (χ1n) is 14.4. The lowest BCUT2D eigenvalue weighted by Gasteiger charge is -2.19. The number of ether oxygens (including phenoxy) is 6. The van der Waals surface area contributed by atoms with Crippen molar-refractivity contribution in [1.29, 1.82) is 0 Å². The van der Waals surface area contributed by atoms with Crippen LogP contribution in [0.15, 0.2) is 24.3 Å². The monoisotopic (exact) mass is 539 g/mol. The zero-order valence-electron chi connectivity index (χ0n) is 24.4. The van der Waals surface area contributed by atoms with Gasteiger partial charge in [-0.15, -0.1) is 0 Å². The lowest BCUT2D eigenvalue weighted by molar-refractivity contribution is -0.00455. The number of carbonyl (C=O) groups excluding carboxylic acids is 1. The highest BCUT2D eigenvalue weighted by Gasteiger charge is 2.15. The van der Waals surface area contributed by atoms with Crippen LogP contribution in [-0.4, -0.2) is 77.7 Å². The van der Waals surface area contributed by atoms with E-state index in [1.54, 1.807) is 0 Å². The van der Waals surface area contributed by atoms with Gasteiger partial charge in [-0.1, -0.05) is 57.6 Å². The summed E-state index contributed by atoms with van der Waals surface area (Å²) < 4.78 is 32.8. The number of aryl methyl sites for hydroxylation is 1. The zero-order valence-corrected chi connectivity index (χ0v) is 24.4. The molecule has 0 saturated carbocycles. The van der Waals surface area contributed by atoms with E-state index in [1.807, 2.05) is 32.9 Å². The standard InChI is InChI=1S/C30H53NO7/c1-5-6-7-8-9-10-11-12-27-13-15-28(16-14-27)37-26-25-36-24-23-35-22-21-34-20-19-33-18-17-31-29(32)38-30(2,3)4/h13-16H,5-12,17-26H2,1-4H3,(H,31,32). The van der Waals surface area contributed by atoms with Crippen LogP contribution in [0.5, 0.6) is 5.75 Å². The predicted molar refractivity (Wildman–Crippen MR) is 151 cm³/mol. The minimum atomic E-state index is -0.499. The number of nitrogens with one attached hydrogen (secondary N) is 1. The van der Waals surface area contributed by atoms with E-state index in [9.17, 15) is 4.79 Å². The third-order valence-corrected chi connectivity index (χ3v) is 5.52. The summed E-state index contributed by atoms with van der Waals surface area (Å²) in [5, 5.41) is 2.64. The van der Waals surface area contributed by atoms with Crippen LogP contribution in [0, 0.1) is 0 Å². The first-order chi connectivity index (χ1) is 18.4. The normalized spacial score (nSPS) is 11.5. The van der Waals surface area contributed by atoms with Crippen molar-refractivity contribution in [2.75, 3.05) is 66.0 Å². The molecule has 8 heteroatoms. The van der Waals surface area contributed by atoms with E-state index in [4.69, 9.17) is 28.4 Å². The molecule has 0 saturated heterocycles. The molecule has 1 aromatic rings. The molecule has 0 bridgehead atoms. The predicted octanol–water partition coefficient (Wildman–Crippen LogP) is 5.95. The molecule has 0 aliphatic heterocycles. The zero-order chi connectivity index (χ0) is 27.7. The molecule has 1 rings (SSSR count). The van der Waals surface area contributed by atoms with Gasteiger partial charge in [0.15, 0.2) is 0 Å². The second kappa shape index (κ2) is 23.1. The Morgan fingerprint density at radius 3 is 1.74 bits per heavy atom. The Bertz CT molecular complexity index is 676. The summed E-state index contributed by atoms with van der Waals surface area (Å²) in [6.07, 6.45) is 10.1. The van der Waals surface area contributed by atoms with Crippen LogP contribution in [0.4, 0.5) is 4.79 Å². The quantitative estimate of drug-likeness (QED) is 0.163. The molecule has 1 N–H and O–H groups in total. The summed E-state index contributed by atoms with van der Waals surface area (Å²) in [6.45, 7) is 12.6. The molecule has 0 atom stereocenters. The summed E-state index contributed by atoms with van der Waals surface area (Å²) in [5.74, 6) is 0.883. The number of amides is 1. The number of carbonyl (C=O) groups is 1. The number of hydrogen-bond acceptors (Lipinski definition) is 7. The van der Waals surface area contributed by atoms with Crippen molar-refractivity contribution in [3.63, 3.8) is 0 Å². The van der Waals surface area contributed by atoms with Gasteiger partial charge in [-0.25, -0.2) is 4.79 Å². The van der Waals surface area contributed by atoms with Crippen molar-refractivity contribution in [3.05, 3.63) is 29.8 Å². The van der Waals surface area contributed by atoms with Crippen LogP contribution < -0.4 is 10.1 Å². The van der Waals surface area contributed by atoms with E-state index >= 15 is 0 Å². The molecule has 1 aromatic carbocycles. The largest absolute Gasteiger partial charge is 0.491 e. The van der Waals surface area contributed by atoms with Crippen LogP contribution >= 0.6 is 0 Å². The molecule has 0 spiro atoms. The molecular weight excluding hydrogens is 486 g/mol. The fraction of sp³-hybridized carbons (Fsp3) is 0.767.